The van der Waals surface area contributed by atoms with Crippen LogP contribution < -0.4 is 10.1 Å². The molecular weight excluding hydrogens is 328 g/mol. The first kappa shape index (κ1) is 20.5. The number of rotatable bonds is 10. The summed E-state index contributed by atoms with van der Waals surface area (Å²) in [6.07, 6.45) is 2.51. The molecule has 0 bridgehead atoms. The third-order valence-electron chi connectivity index (χ3n) is 4.47. The quantitative estimate of drug-likeness (QED) is 0.511. The smallest absolute Gasteiger partial charge is 0.194 e. The molecule has 0 aromatic heterocycles. The zero-order chi connectivity index (χ0) is 18.6. The standard InChI is InChI=1S/C20H34N4O2/c1-4-21-20(24-10-5-6-11-24)22-17-18-8-7-9-19(16-18)26-15-13-23(2)12-14-25-3/h7-9,16H,4-6,10-15,17H2,1-3H3,(H,21,22). The van der Waals surface area contributed by atoms with E-state index in [4.69, 9.17) is 14.5 Å². The van der Waals surface area contributed by atoms with Crippen molar-refractivity contribution in [1.82, 2.24) is 15.1 Å². The average molecular weight is 363 g/mol. The number of aliphatic imine (C=N–C) groups is 1. The van der Waals surface area contributed by atoms with Crippen LogP contribution in [0.15, 0.2) is 29.3 Å². The van der Waals surface area contributed by atoms with E-state index >= 15 is 0 Å². The second-order valence-corrected chi connectivity index (χ2v) is 6.66. The zero-order valence-corrected chi connectivity index (χ0v) is 16.5. The normalized spacial score (nSPS) is 14.9. The van der Waals surface area contributed by atoms with Crippen molar-refractivity contribution in [1.29, 1.82) is 0 Å². The largest absolute Gasteiger partial charge is 0.492 e. The Morgan fingerprint density at radius 3 is 2.73 bits per heavy atom. The van der Waals surface area contributed by atoms with Gasteiger partial charge in [-0.25, -0.2) is 4.99 Å². The van der Waals surface area contributed by atoms with Crippen molar-refractivity contribution in [3.63, 3.8) is 0 Å². The molecule has 0 amide bonds. The summed E-state index contributed by atoms with van der Waals surface area (Å²) >= 11 is 0. The van der Waals surface area contributed by atoms with E-state index in [-0.39, 0.29) is 0 Å². The molecule has 0 atom stereocenters. The molecule has 0 aliphatic carbocycles. The zero-order valence-electron chi connectivity index (χ0n) is 16.5. The summed E-state index contributed by atoms with van der Waals surface area (Å²) in [7, 11) is 3.80. The molecule has 1 N–H and O–H groups in total. The van der Waals surface area contributed by atoms with Crippen LogP contribution in [0.5, 0.6) is 5.75 Å². The molecule has 6 heteroatoms. The van der Waals surface area contributed by atoms with Gasteiger partial charge in [0, 0.05) is 39.8 Å². The molecule has 0 radical (unpaired) electrons. The van der Waals surface area contributed by atoms with E-state index in [0.717, 1.165) is 51.0 Å². The van der Waals surface area contributed by atoms with E-state index in [1.807, 2.05) is 12.1 Å². The van der Waals surface area contributed by atoms with Crippen LogP contribution in [0.3, 0.4) is 0 Å². The molecule has 6 nitrogen and oxygen atoms in total. The van der Waals surface area contributed by atoms with Crippen LogP contribution >= 0.6 is 0 Å². The number of ether oxygens (including phenoxy) is 2. The molecule has 1 aromatic carbocycles. The van der Waals surface area contributed by atoms with E-state index in [1.54, 1.807) is 7.11 Å². The summed E-state index contributed by atoms with van der Waals surface area (Å²) in [6.45, 7) is 9.10. The molecule has 1 fully saturated rings. The predicted molar refractivity (Wildman–Crippen MR) is 107 cm³/mol. The van der Waals surface area contributed by atoms with Crippen molar-refractivity contribution in [2.75, 3.05) is 60.1 Å². The fourth-order valence-electron chi connectivity index (χ4n) is 2.93. The molecule has 1 aromatic rings. The van der Waals surface area contributed by atoms with Crippen LogP contribution in [-0.2, 0) is 11.3 Å². The van der Waals surface area contributed by atoms with Crippen molar-refractivity contribution in [3.8, 4) is 5.75 Å². The van der Waals surface area contributed by atoms with Crippen LogP contribution in [0.25, 0.3) is 0 Å². The first-order valence-electron chi connectivity index (χ1n) is 9.65. The van der Waals surface area contributed by atoms with Gasteiger partial charge in [-0.3, -0.25) is 0 Å². The van der Waals surface area contributed by atoms with Gasteiger partial charge in [0.1, 0.15) is 12.4 Å². The minimum absolute atomic E-state index is 0.670. The highest BCUT2D eigenvalue weighted by Gasteiger charge is 2.15. The summed E-state index contributed by atoms with van der Waals surface area (Å²) < 4.78 is 11.0. The molecule has 0 saturated carbocycles. The lowest BCUT2D eigenvalue weighted by Crippen LogP contribution is -2.39. The van der Waals surface area contributed by atoms with Crippen molar-refractivity contribution in [3.05, 3.63) is 29.8 Å². The van der Waals surface area contributed by atoms with Gasteiger partial charge in [0.15, 0.2) is 5.96 Å². The molecule has 1 heterocycles. The number of hydrogen-bond acceptors (Lipinski definition) is 4. The lowest BCUT2D eigenvalue weighted by Gasteiger charge is -2.20. The van der Waals surface area contributed by atoms with Crippen molar-refractivity contribution in [2.45, 2.75) is 26.3 Å². The van der Waals surface area contributed by atoms with Crippen LogP contribution in [0.1, 0.15) is 25.3 Å². The Labute approximate surface area is 158 Å². The number of likely N-dealkylation sites (tertiary alicyclic amines) is 1. The number of likely N-dealkylation sites (N-methyl/N-ethyl adjacent to an activating group) is 1. The van der Waals surface area contributed by atoms with Gasteiger partial charge in [0.25, 0.3) is 0 Å². The average Bonchev–Trinajstić information content (AvgIpc) is 3.18. The van der Waals surface area contributed by atoms with Gasteiger partial charge in [-0.15, -0.1) is 0 Å². The molecule has 1 aliphatic rings. The van der Waals surface area contributed by atoms with E-state index in [0.29, 0.717) is 13.2 Å². The minimum atomic E-state index is 0.670. The van der Waals surface area contributed by atoms with Gasteiger partial charge in [0.05, 0.1) is 13.2 Å². The molecule has 26 heavy (non-hydrogen) atoms. The van der Waals surface area contributed by atoms with Crippen molar-refractivity contribution in [2.24, 2.45) is 4.99 Å². The number of guanidine groups is 1. The van der Waals surface area contributed by atoms with Crippen molar-refractivity contribution < 1.29 is 9.47 Å². The third-order valence-corrected chi connectivity index (χ3v) is 4.47. The number of nitrogens with one attached hydrogen (secondary N) is 1. The van der Waals surface area contributed by atoms with Crippen LogP contribution in [0.4, 0.5) is 0 Å². The molecular formula is C20H34N4O2. The lowest BCUT2D eigenvalue weighted by molar-refractivity contribution is 0.150. The molecule has 0 spiro atoms. The van der Waals surface area contributed by atoms with Crippen LogP contribution in [0, 0.1) is 0 Å². The van der Waals surface area contributed by atoms with E-state index < -0.39 is 0 Å². The highest BCUT2D eigenvalue weighted by molar-refractivity contribution is 5.80. The summed E-state index contributed by atoms with van der Waals surface area (Å²) in [6, 6.07) is 8.24. The maximum absolute atomic E-state index is 5.89. The van der Waals surface area contributed by atoms with Gasteiger partial charge >= 0.3 is 0 Å². The Balaban J connectivity index is 1.84. The fraction of sp³-hybridized carbons (Fsp3) is 0.650. The Hall–Kier alpha value is -1.79. The minimum Gasteiger partial charge on any atom is -0.492 e. The number of benzene rings is 1. The number of nitrogens with zero attached hydrogens (tertiary/aromatic N) is 3. The van der Waals surface area contributed by atoms with E-state index in [9.17, 15) is 0 Å². The Morgan fingerprint density at radius 2 is 2.00 bits per heavy atom. The summed E-state index contributed by atoms with van der Waals surface area (Å²) in [5.74, 6) is 1.93. The Morgan fingerprint density at radius 1 is 1.23 bits per heavy atom. The van der Waals surface area contributed by atoms with E-state index in [2.05, 4.69) is 41.2 Å². The van der Waals surface area contributed by atoms with Crippen molar-refractivity contribution >= 4 is 5.96 Å². The monoisotopic (exact) mass is 362 g/mol. The summed E-state index contributed by atoms with van der Waals surface area (Å²) in [5, 5.41) is 3.40. The van der Waals surface area contributed by atoms with Gasteiger partial charge < -0.3 is 24.6 Å². The highest BCUT2D eigenvalue weighted by atomic mass is 16.5. The summed E-state index contributed by atoms with van der Waals surface area (Å²) in [5.41, 5.74) is 1.17. The number of methoxy groups -OCH3 is 1. The Kier molecular flexibility index (Phi) is 9.28. The second kappa shape index (κ2) is 11.8. The molecule has 1 aliphatic heterocycles. The summed E-state index contributed by atoms with van der Waals surface area (Å²) in [4.78, 5) is 9.35. The second-order valence-electron chi connectivity index (χ2n) is 6.66. The first-order valence-corrected chi connectivity index (χ1v) is 9.65. The first-order chi connectivity index (χ1) is 12.7. The van der Waals surface area contributed by atoms with Crippen LogP contribution in [0.2, 0.25) is 0 Å². The molecule has 1 saturated heterocycles. The SMILES string of the molecule is CCNC(=NCc1cccc(OCCN(C)CCOC)c1)N1CCCC1. The predicted octanol–water partition coefficient (Wildman–Crippen LogP) is 2.20. The van der Waals surface area contributed by atoms with Crippen LogP contribution in [-0.4, -0.2) is 75.9 Å². The lowest BCUT2D eigenvalue weighted by atomic mass is 10.2. The van der Waals surface area contributed by atoms with E-state index in [1.165, 1.54) is 18.4 Å². The van der Waals surface area contributed by atoms with Gasteiger partial charge in [-0.1, -0.05) is 12.1 Å². The fourth-order valence-corrected chi connectivity index (χ4v) is 2.93. The van der Waals surface area contributed by atoms with Gasteiger partial charge in [-0.2, -0.15) is 0 Å². The topological polar surface area (TPSA) is 49.3 Å². The highest BCUT2D eigenvalue weighted by Crippen LogP contribution is 2.15. The maximum atomic E-state index is 5.89. The van der Waals surface area contributed by atoms with Gasteiger partial charge in [0.2, 0.25) is 0 Å². The maximum Gasteiger partial charge on any atom is 0.194 e. The molecule has 0 unspecified atom stereocenters. The molecule has 2 rings (SSSR count). The van der Waals surface area contributed by atoms with Gasteiger partial charge in [-0.05, 0) is 44.5 Å². The Bertz CT molecular complexity index is 544. The third kappa shape index (κ3) is 7.22. The number of hydrogen-bond donors (Lipinski definition) is 1. The molecule has 146 valence electrons.